The summed E-state index contributed by atoms with van der Waals surface area (Å²) in [6, 6.07) is 5.17. The Morgan fingerprint density at radius 2 is 1.90 bits per heavy atom. The van der Waals surface area contributed by atoms with Crippen molar-refractivity contribution in [3.63, 3.8) is 0 Å². The van der Waals surface area contributed by atoms with Gasteiger partial charge >= 0.3 is 12.0 Å². The summed E-state index contributed by atoms with van der Waals surface area (Å²) < 4.78 is 33.3. The molecular formula is C21H29N3O5S. The number of ether oxygens (including phenoxy) is 1. The van der Waals surface area contributed by atoms with Crippen LogP contribution in [0.1, 0.15) is 57.1 Å². The van der Waals surface area contributed by atoms with E-state index in [0.717, 1.165) is 32.1 Å². The normalized spacial score (nSPS) is 20.5. The van der Waals surface area contributed by atoms with E-state index in [9.17, 15) is 18.0 Å². The first-order valence-corrected chi connectivity index (χ1v) is 11.8. The predicted octanol–water partition coefficient (Wildman–Crippen LogP) is 2.83. The Kier molecular flexibility index (Phi) is 7.14. The largest absolute Gasteiger partial charge is 0.466 e. The van der Waals surface area contributed by atoms with Gasteiger partial charge in [-0.3, -0.25) is 0 Å². The lowest BCUT2D eigenvalue weighted by Crippen LogP contribution is -2.46. The van der Waals surface area contributed by atoms with Gasteiger partial charge in [-0.05, 0) is 37.3 Å². The fourth-order valence-electron chi connectivity index (χ4n) is 3.95. The SMILES string of the molecule is CCCCC1=C(C(=O)OC)C(c2ccccc2S(=O)(=O)N2CCCCC2)NC(=O)N1. The third kappa shape index (κ3) is 4.52. The van der Waals surface area contributed by atoms with E-state index < -0.39 is 28.1 Å². The number of carbonyl (C=O) groups is 2. The number of allylic oxidation sites excluding steroid dienone is 1. The molecule has 1 saturated heterocycles. The van der Waals surface area contributed by atoms with Crippen molar-refractivity contribution in [3.05, 3.63) is 41.1 Å². The number of urea groups is 1. The zero-order valence-electron chi connectivity index (χ0n) is 17.4. The molecule has 1 atom stereocenters. The van der Waals surface area contributed by atoms with Gasteiger partial charge in [-0.15, -0.1) is 0 Å². The Balaban J connectivity index is 2.11. The molecule has 0 aliphatic carbocycles. The van der Waals surface area contributed by atoms with Crippen molar-refractivity contribution in [2.24, 2.45) is 0 Å². The molecule has 2 N–H and O–H groups in total. The van der Waals surface area contributed by atoms with Crippen LogP contribution in [0.3, 0.4) is 0 Å². The third-order valence-corrected chi connectivity index (χ3v) is 7.47. The van der Waals surface area contributed by atoms with E-state index in [-0.39, 0.29) is 10.5 Å². The van der Waals surface area contributed by atoms with Gasteiger partial charge in [0.1, 0.15) is 0 Å². The molecule has 8 nitrogen and oxygen atoms in total. The minimum absolute atomic E-state index is 0.107. The van der Waals surface area contributed by atoms with Crippen molar-refractivity contribution in [2.75, 3.05) is 20.2 Å². The number of benzene rings is 1. The summed E-state index contributed by atoms with van der Waals surface area (Å²) in [7, 11) is -2.49. The highest BCUT2D eigenvalue weighted by molar-refractivity contribution is 7.89. The van der Waals surface area contributed by atoms with Crippen LogP contribution in [-0.4, -0.2) is 44.9 Å². The highest BCUT2D eigenvalue weighted by atomic mass is 32.2. The number of amides is 2. The number of methoxy groups -OCH3 is 1. The molecule has 0 radical (unpaired) electrons. The number of rotatable bonds is 7. The molecule has 2 heterocycles. The summed E-state index contributed by atoms with van der Waals surface area (Å²) in [5.41, 5.74) is 1.08. The predicted molar refractivity (Wildman–Crippen MR) is 112 cm³/mol. The second kappa shape index (κ2) is 9.61. The maximum atomic E-state index is 13.4. The quantitative estimate of drug-likeness (QED) is 0.641. The number of nitrogens with zero attached hydrogens (tertiary/aromatic N) is 1. The molecule has 1 aromatic carbocycles. The molecule has 9 heteroatoms. The van der Waals surface area contributed by atoms with Gasteiger partial charge in [0.05, 0.1) is 23.6 Å². The molecule has 1 fully saturated rings. The standard InChI is InChI=1S/C21H29N3O5S/c1-3-4-11-16-18(20(25)29-2)19(23-21(26)22-16)15-10-6-7-12-17(15)30(27,28)24-13-8-5-9-14-24/h6-7,10,12,19H,3-5,8-9,11,13-14H2,1-2H3,(H2,22,23,26). The van der Waals surface area contributed by atoms with Gasteiger partial charge in [0.25, 0.3) is 0 Å². The Bertz CT molecular complexity index is 936. The van der Waals surface area contributed by atoms with Crippen molar-refractivity contribution in [1.82, 2.24) is 14.9 Å². The Labute approximate surface area is 177 Å². The molecule has 2 amide bonds. The van der Waals surface area contributed by atoms with Gasteiger partial charge in [0, 0.05) is 18.8 Å². The number of carbonyl (C=O) groups excluding carboxylic acids is 2. The van der Waals surface area contributed by atoms with Crippen molar-refractivity contribution in [1.29, 1.82) is 0 Å². The van der Waals surface area contributed by atoms with Gasteiger partial charge in [-0.25, -0.2) is 18.0 Å². The lowest BCUT2D eigenvalue weighted by molar-refractivity contribution is -0.136. The van der Waals surface area contributed by atoms with Crippen LogP contribution in [0.2, 0.25) is 0 Å². The molecule has 0 saturated carbocycles. The molecule has 1 unspecified atom stereocenters. The zero-order valence-corrected chi connectivity index (χ0v) is 18.3. The third-order valence-electron chi connectivity index (χ3n) is 5.50. The molecule has 164 valence electrons. The number of sulfonamides is 1. The highest BCUT2D eigenvalue weighted by Gasteiger charge is 2.37. The zero-order chi connectivity index (χ0) is 21.7. The second-order valence-corrected chi connectivity index (χ2v) is 9.43. The molecule has 2 aliphatic heterocycles. The summed E-state index contributed by atoms with van der Waals surface area (Å²) in [4.78, 5) is 25.1. The Morgan fingerprint density at radius 1 is 1.20 bits per heavy atom. The highest BCUT2D eigenvalue weighted by Crippen LogP contribution is 2.34. The average molecular weight is 436 g/mol. The summed E-state index contributed by atoms with van der Waals surface area (Å²) >= 11 is 0. The number of nitrogens with one attached hydrogen (secondary N) is 2. The number of hydrogen-bond acceptors (Lipinski definition) is 5. The first-order chi connectivity index (χ1) is 14.4. The van der Waals surface area contributed by atoms with Crippen LogP contribution in [0.15, 0.2) is 40.4 Å². The minimum atomic E-state index is -3.76. The lowest BCUT2D eigenvalue weighted by atomic mass is 9.93. The van der Waals surface area contributed by atoms with E-state index in [4.69, 9.17) is 4.74 Å². The summed E-state index contributed by atoms with van der Waals surface area (Å²) in [5, 5.41) is 5.43. The van der Waals surface area contributed by atoms with Gasteiger partial charge < -0.3 is 15.4 Å². The van der Waals surface area contributed by atoms with Crippen molar-refractivity contribution in [2.45, 2.75) is 56.4 Å². The first-order valence-electron chi connectivity index (χ1n) is 10.4. The van der Waals surface area contributed by atoms with E-state index in [2.05, 4.69) is 10.6 Å². The molecule has 0 bridgehead atoms. The maximum Gasteiger partial charge on any atom is 0.337 e. The van der Waals surface area contributed by atoms with Crippen molar-refractivity contribution in [3.8, 4) is 0 Å². The maximum absolute atomic E-state index is 13.4. The van der Waals surface area contributed by atoms with Crippen molar-refractivity contribution < 1.29 is 22.7 Å². The number of piperidine rings is 1. The van der Waals surface area contributed by atoms with Gasteiger partial charge in [0.15, 0.2) is 0 Å². The topological polar surface area (TPSA) is 105 Å². The smallest absolute Gasteiger partial charge is 0.337 e. The number of esters is 1. The van der Waals surface area contributed by atoms with Gasteiger partial charge in [-0.1, -0.05) is 38.0 Å². The monoisotopic (exact) mass is 435 g/mol. The second-order valence-electron chi connectivity index (χ2n) is 7.52. The Hall–Kier alpha value is -2.39. The summed E-state index contributed by atoms with van der Waals surface area (Å²) in [5.74, 6) is -0.594. The molecular weight excluding hydrogens is 406 g/mol. The summed E-state index contributed by atoms with van der Waals surface area (Å²) in [6.07, 6.45) is 4.79. The van der Waals surface area contributed by atoms with Crippen LogP contribution in [0.5, 0.6) is 0 Å². The van der Waals surface area contributed by atoms with E-state index in [1.165, 1.54) is 17.5 Å². The average Bonchev–Trinajstić information content (AvgIpc) is 2.77. The van der Waals surface area contributed by atoms with Crippen LogP contribution in [-0.2, 0) is 19.6 Å². The minimum Gasteiger partial charge on any atom is -0.466 e. The van der Waals surface area contributed by atoms with Crippen LogP contribution < -0.4 is 10.6 Å². The van der Waals surface area contributed by atoms with Gasteiger partial charge in [-0.2, -0.15) is 4.31 Å². The molecule has 30 heavy (non-hydrogen) atoms. The molecule has 0 aromatic heterocycles. The molecule has 0 spiro atoms. The van der Waals surface area contributed by atoms with Gasteiger partial charge in [0.2, 0.25) is 10.0 Å². The Morgan fingerprint density at radius 3 is 2.57 bits per heavy atom. The van der Waals surface area contributed by atoms with E-state index >= 15 is 0 Å². The molecule has 1 aromatic rings. The fourth-order valence-corrected chi connectivity index (χ4v) is 5.70. The number of unbranched alkanes of at least 4 members (excludes halogenated alkanes) is 1. The lowest BCUT2D eigenvalue weighted by Gasteiger charge is -2.32. The molecule has 2 aliphatic rings. The van der Waals surface area contributed by atoms with E-state index in [1.54, 1.807) is 18.2 Å². The van der Waals surface area contributed by atoms with Crippen LogP contribution in [0.25, 0.3) is 0 Å². The van der Waals surface area contributed by atoms with Crippen LogP contribution in [0.4, 0.5) is 4.79 Å². The fraction of sp³-hybridized carbons (Fsp3) is 0.524. The van der Waals surface area contributed by atoms with E-state index in [1.807, 2.05) is 6.92 Å². The molecule has 3 rings (SSSR count). The van der Waals surface area contributed by atoms with Crippen LogP contribution in [0, 0.1) is 0 Å². The van der Waals surface area contributed by atoms with E-state index in [0.29, 0.717) is 30.8 Å². The van der Waals surface area contributed by atoms with Crippen LogP contribution >= 0.6 is 0 Å². The van der Waals surface area contributed by atoms with Crippen molar-refractivity contribution >= 4 is 22.0 Å². The first kappa shape index (κ1) is 22.3. The number of hydrogen-bond donors (Lipinski definition) is 2. The summed E-state index contributed by atoms with van der Waals surface area (Å²) in [6.45, 7) is 2.95.